The van der Waals surface area contributed by atoms with Crippen molar-refractivity contribution in [2.75, 3.05) is 13.7 Å². The maximum atomic E-state index is 12.0. The quantitative estimate of drug-likeness (QED) is 0.730. The Hall–Kier alpha value is -1.15. The molecule has 1 aliphatic rings. The van der Waals surface area contributed by atoms with Gasteiger partial charge < -0.3 is 4.74 Å². The summed E-state index contributed by atoms with van der Waals surface area (Å²) in [4.78, 5) is 12.0. The molecule has 0 bridgehead atoms. The minimum Gasteiger partial charge on any atom is -0.385 e. The molecule has 2 heteroatoms. The van der Waals surface area contributed by atoms with E-state index in [1.807, 2.05) is 0 Å². The minimum absolute atomic E-state index is 0.238. The van der Waals surface area contributed by atoms with Crippen molar-refractivity contribution < 1.29 is 9.53 Å². The average molecular weight is 232 g/mol. The summed E-state index contributed by atoms with van der Waals surface area (Å²) >= 11 is 0. The van der Waals surface area contributed by atoms with Crippen LogP contribution in [0.5, 0.6) is 0 Å². The first-order valence-electron chi connectivity index (χ1n) is 6.39. The van der Waals surface area contributed by atoms with Crippen LogP contribution in [0.3, 0.4) is 0 Å². The molecule has 0 heterocycles. The summed E-state index contributed by atoms with van der Waals surface area (Å²) in [5.41, 5.74) is 2.79. The lowest BCUT2D eigenvalue weighted by Crippen LogP contribution is -2.22. The zero-order chi connectivity index (χ0) is 12.1. The summed E-state index contributed by atoms with van der Waals surface area (Å²) in [6, 6.07) is 8.49. The van der Waals surface area contributed by atoms with Gasteiger partial charge in [-0.3, -0.25) is 4.79 Å². The molecule has 0 spiro atoms. The number of benzene rings is 1. The highest BCUT2D eigenvalue weighted by atomic mass is 16.5. The van der Waals surface area contributed by atoms with Crippen LogP contribution in [-0.2, 0) is 22.4 Å². The van der Waals surface area contributed by atoms with Crippen LogP contribution >= 0.6 is 0 Å². The summed E-state index contributed by atoms with van der Waals surface area (Å²) in [5, 5.41) is 0. The van der Waals surface area contributed by atoms with Gasteiger partial charge in [-0.15, -0.1) is 0 Å². The number of ether oxygens (including phenoxy) is 1. The van der Waals surface area contributed by atoms with Gasteiger partial charge in [0.1, 0.15) is 5.78 Å². The summed E-state index contributed by atoms with van der Waals surface area (Å²) in [6.07, 6.45) is 4.52. The fourth-order valence-corrected chi connectivity index (χ4v) is 2.57. The maximum absolute atomic E-state index is 12.0. The number of rotatable bonds is 5. The van der Waals surface area contributed by atoms with Crippen molar-refractivity contribution in [1.82, 2.24) is 0 Å². The lowest BCUT2D eigenvalue weighted by molar-refractivity contribution is -0.123. The third-order valence-electron chi connectivity index (χ3n) is 3.57. The van der Waals surface area contributed by atoms with Gasteiger partial charge in [0.25, 0.3) is 0 Å². The summed E-state index contributed by atoms with van der Waals surface area (Å²) in [6.45, 7) is 0.690. The van der Waals surface area contributed by atoms with E-state index in [1.54, 1.807) is 7.11 Å². The van der Waals surface area contributed by atoms with Crippen molar-refractivity contribution in [3.05, 3.63) is 35.4 Å². The van der Waals surface area contributed by atoms with E-state index in [0.29, 0.717) is 18.8 Å². The molecule has 0 N–H and O–H groups in total. The zero-order valence-corrected chi connectivity index (χ0v) is 10.4. The van der Waals surface area contributed by atoms with E-state index >= 15 is 0 Å². The van der Waals surface area contributed by atoms with Gasteiger partial charge >= 0.3 is 0 Å². The molecular formula is C15H20O2. The molecule has 0 saturated carbocycles. The van der Waals surface area contributed by atoms with Crippen LogP contribution in [0.25, 0.3) is 0 Å². The van der Waals surface area contributed by atoms with Crippen molar-refractivity contribution in [2.24, 2.45) is 5.92 Å². The van der Waals surface area contributed by atoms with Gasteiger partial charge in [-0.05, 0) is 36.8 Å². The summed E-state index contributed by atoms with van der Waals surface area (Å²) in [5.74, 6) is 0.651. The Bertz CT molecular complexity index is 384. The van der Waals surface area contributed by atoms with E-state index in [4.69, 9.17) is 4.74 Å². The normalized spacial score (nSPS) is 18.8. The Balaban J connectivity index is 1.91. The van der Waals surface area contributed by atoms with E-state index in [2.05, 4.69) is 24.3 Å². The predicted octanol–water partition coefficient (Wildman–Crippen LogP) is 2.79. The van der Waals surface area contributed by atoms with Crippen molar-refractivity contribution in [3.8, 4) is 0 Å². The summed E-state index contributed by atoms with van der Waals surface area (Å²) < 4.78 is 4.98. The van der Waals surface area contributed by atoms with Crippen LogP contribution in [0.2, 0.25) is 0 Å². The second-order valence-electron chi connectivity index (χ2n) is 4.77. The molecule has 1 unspecified atom stereocenters. The smallest absolute Gasteiger partial charge is 0.136 e. The van der Waals surface area contributed by atoms with Crippen LogP contribution in [0, 0.1) is 5.92 Å². The molecule has 2 nitrogen and oxygen atoms in total. The van der Waals surface area contributed by atoms with E-state index < -0.39 is 0 Å². The molecular weight excluding hydrogens is 212 g/mol. The fourth-order valence-electron chi connectivity index (χ4n) is 2.57. The van der Waals surface area contributed by atoms with Gasteiger partial charge in [0.05, 0.1) is 0 Å². The fraction of sp³-hybridized carbons (Fsp3) is 0.533. The van der Waals surface area contributed by atoms with Gasteiger partial charge in [0.15, 0.2) is 0 Å². The number of hydrogen-bond acceptors (Lipinski definition) is 2. The monoisotopic (exact) mass is 232 g/mol. The SMILES string of the molecule is COCCCC(=O)C1CCc2ccccc2C1. The molecule has 0 radical (unpaired) electrons. The Morgan fingerprint density at radius 1 is 1.35 bits per heavy atom. The van der Waals surface area contributed by atoms with E-state index in [1.165, 1.54) is 11.1 Å². The molecule has 1 atom stereocenters. The van der Waals surface area contributed by atoms with E-state index in [9.17, 15) is 4.79 Å². The molecule has 1 aliphatic carbocycles. The minimum atomic E-state index is 0.238. The van der Waals surface area contributed by atoms with Crippen LogP contribution in [-0.4, -0.2) is 19.5 Å². The highest BCUT2D eigenvalue weighted by Gasteiger charge is 2.23. The van der Waals surface area contributed by atoms with Gasteiger partial charge in [0.2, 0.25) is 0 Å². The Labute approximate surface area is 103 Å². The molecule has 0 aliphatic heterocycles. The predicted molar refractivity (Wildman–Crippen MR) is 68.1 cm³/mol. The van der Waals surface area contributed by atoms with E-state index in [-0.39, 0.29) is 5.92 Å². The highest BCUT2D eigenvalue weighted by molar-refractivity contribution is 5.81. The second kappa shape index (κ2) is 5.97. The number of Topliss-reactive ketones (excluding diaryl/α,β-unsaturated/α-hetero) is 1. The first-order valence-corrected chi connectivity index (χ1v) is 6.39. The molecule has 0 aromatic heterocycles. The van der Waals surface area contributed by atoms with Gasteiger partial charge in [0, 0.05) is 26.1 Å². The maximum Gasteiger partial charge on any atom is 0.136 e. The average Bonchev–Trinajstić information content (AvgIpc) is 2.38. The topological polar surface area (TPSA) is 26.3 Å². The third kappa shape index (κ3) is 3.16. The number of ketones is 1. The van der Waals surface area contributed by atoms with Crippen LogP contribution in [0.15, 0.2) is 24.3 Å². The lowest BCUT2D eigenvalue weighted by Gasteiger charge is -2.23. The summed E-state index contributed by atoms with van der Waals surface area (Å²) in [7, 11) is 1.68. The molecule has 0 amide bonds. The number of hydrogen-bond donors (Lipinski definition) is 0. The van der Waals surface area contributed by atoms with Crippen LogP contribution in [0.4, 0.5) is 0 Å². The standard InChI is InChI=1S/C15H20O2/c1-17-10-4-7-15(16)14-9-8-12-5-2-3-6-13(12)11-14/h2-3,5-6,14H,4,7-11H2,1H3. The number of aryl methyl sites for hydroxylation is 1. The zero-order valence-electron chi connectivity index (χ0n) is 10.4. The molecule has 1 aromatic rings. The Morgan fingerprint density at radius 3 is 2.88 bits per heavy atom. The van der Waals surface area contributed by atoms with Crippen molar-refractivity contribution in [1.29, 1.82) is 0 Å². The van der Waals surface area contributed by atoms with Crippen molar-refractivity contribution in [3.63, 3.8) is 0 Å². The largest absolute Gasteiger partial charge is 0.385 e. The molecule has 2 rings (SSSR count). The van der Waals surface area contributed by atoms with Gasteiger partial charge in [-0.25, -0.2) is 0 Å². The number of methoxy groups -OCH3 is 1. The second-order valence-corrected chi connectivity index (χ2v) is 4.77. The molecule has 0 fully saturated rings. The van der Waals surface area contributed by atoms with Gasteiger partial charge in [-0.2, -0.15) is 0 Å². The number of carbonyl (C=O) groups excluding carboxylic acids is 1. The first-order chi connectivity index (χ1) is 8.31. The van der Waals surface area contributed by atoms with E-state index in [0.717, 1.165) is 25.7 Å². The van der Waals surface area contributed by atoms with Crippen molar-refractivity contribution in [2.45, 2.75) is 32.1 Å². The molecule has 1 aromatic carbocycles. The van der Waals surface area contributed by atoms with Gasteiger partial charge in [-0.1, -0.05) is 24.3 Å². The first kappa shape index (κ1) is 12.3. The number of fused-ring (bicyclic) bond motifs is 1. The Kier molecular flexibility index (Phi) is 4.32. The van der Waals surface area contributed by atoms with Crippen LogP contribution < -0.4 is 0 Å². The molecule has 92 valence electrons. The van der Waals surface area contributed by atoms with Crippen LogP contribution in [0.1, 0.15) is 30.4 Å². The molecule has 17 heavy (non-hydrogen) atoms. The molecule has 0 saturated heterocycles. The highest BCUT2D eigenvalue weighted by Crippen LogP contribution is 2.26. The number of carbonyl (C=O) groups is 1. The van der Waals surface area contributed by atoms with Crippen molar-refractivity contribution >= 4 is 5.78 Å². The Morgan fingerprint density at radius 2 is 2.12 bits per heavy atom. The lowest BCUT2D eigenvalue weighted by atomic mass is 9.81. The third-order valence-corrected chi connectivity index (χ3v) is 3.57.